The van der Waals surface area contributed by atoms with E-state index in [2.05, 4.69) is 41.9 Å². The molecule has 5 nitrogen and oxygen atoms in total. The summed E-state index contributed by atoms with van der Waals surface area (Å²) in [4.78, 5) is 12.7. The number of para-hydroxylation sites is 1. The molecule has 0 saturated heterocycles. The zero-order valence-electron chi connectivity index (χ0n) is 18.6. The first-order valence-electron chi connectivity index (χ1n) is 10.2. The number of nitrogens with zero attached hydrogens (tertiary/aromatic N) is 2. The number of aromatic nitrogens is 1. The van der Waals surface area contributed by atoms with Crippen molar-refractivity contribution in [2.24, 2.45) is 0 Å². The van der Waals surface area contributed by atoms with Gasteiger partial charge < -0.3 is 14.6 Å². The predicted molar refractivity (Wildman–Crippen MR) is 125 cm³/mol. The van der Waals surface area contributed by atoms with E-state index in [9.17, 15) is 10.1 Å². The van der Waals surface area contributed by atoms with Crippen LogP contribution in [0.15, 0.2) is 54.1 Å². The van der Waals surface area contributed by atoms with E-state index in [0.717, 1.165) is 23.4 Å². The monoisotopic (exact) mass is 413 g/mol. The molecular weight excluding hydrogens is 386 g/mol. The number of nitrogens with one attached hydrogen (secondary N) is 1. The van der Waals surface area contributed by atoms with Crippen molar-refractivity contribution in [1.82, 2.24) is 4.57 Å². The maximum atomic E-state index is 12.7. The number of carbonyl (C=O) groups is 1. The maximum absolute atomic E-state index is 12.7. The highest BCUT2D eigenvalue weighted by molar-refractivity contribution is 6.09. The van der Waals surface area contributed by atoms with Crippen molar-refractivity contribution in [2.45, 2.75) is 34.1 Å². The molecule has 0 atom stereocenters. The van der Waals surface area contributed by atoms with Gasteiger partial charge in [-0.3, -0.25) is 4.79 Å². The summed E-state index contributed by atoms with van der Waals surface area (Å²) in [7, 11) is 1.58. The number of nitriles is 1. The summed E-state index contributed by atoms with van der Waals surface area (Å²) in [5.74, 6) is 0.256. The lowest BCUT2D eigenvalue weighted by atomic mass is 10.1. The van der Waals surface area contributed by atoms with Crippen LogP contribution in [0.1, 0.15) is 35.0 Å². The number of amides is 1. The standard InChI is InChI=1S/C26H27N3O2/c1-6-20-9-7-8-17(2)25(20)29-18(3)14-21(19(29)4)15-22(16-27)26(30)28-23-10-12-24(31-5)13-11-23/h7-15H,6H2,1-5H3,(H,28,30)/b22-15-. The summed E-state index contributed by atoms with van der Waals surface area (Å²) < 4.78 is 7.34. The summed E-state index contributed by atoms with van der Waals surface area (Å²) in [5, 5.41) is 12.4. The molecule has 0 saturated carbocycles. The van der Waals surface area contributed by atoms with Gasteiger partial charge in [0, 0.05) is 17.1 Å². The smallest absolute Gasteiger partial charge is 0.266 e. The molecule has 1 N–H and O–H groups in total. The lowest BCUT2D eigenvalue weighted by Gasteiger charge is -2.17. The Balaban J connectivity index is 1.96. The van der Waals surface area contributed by atoms with E-state index in [-0.39, 0.29) is 5.57 Å². The van der Waals surface area contributed by atoms with Crippen LogP contribution >= 0.6 is 0 Å². The summed E-state index contributed by atoms with van der Waals surface area (Å²) in [6, 6.07) is 17.4. The minimum atomic E-state index is -0.442. The van der Waals surface area contributed by atoms with Gasteiger partial charge in [0.25, 0.3) is 5.91 Å². The number of aryl methyl sites for hydroxylation is 3. The summed E-state index contributed by atoms with van der Waals surface area (Å²) in [6.45, 7) is 8.30. The largest absolute Gasteiger partial charge is 0.497 e. The van der Waals surface area contributed by atoms with Crippen molar-refractivity contribution < 1.29 is 9.53 Å². The van der Waals surface area contributed by atoms with Gasteiger partial charge in [-0.25, -0.2) is 0 Å². The Labute approximate surface area is 183 Å². The van der Waals surface area contributed by atoms with E-state index in [1.807, 2.05) is 26.0 Å². The fourth-order valence-corrected chi connectivity index (χ4v) is 3.78. The van der Waals surface area contributed by atoms with Crippen molar-refractivity contribution >= 4 is 17.7 Å². The van der Waals surface area contributed by atoms with E-state index in [4.69, 9.17) is 4.74 Å². The molecule has 5 heteroatoms. The highest BCUT2D eigenvalue weighted by Crippen LogP contribution is 2.28. The third-order valence-corrected chi connectivity index (χ3v) is 5.41. The molecule has 0 aliphatic rings. The molecule has 1 aromatic heterocycles. The van der Waals surface area contributed by atoms with E-state index in [1.54, 1.807) is 37.5 Å². The summed E-state index contributed by atoms with van der Waals surface area (Å²) in [5.41, 5.74) is 7.17. The Bertz CT molecular complexity index is 1180. The third kappa shape index (κ3) is 4.54. The van der Waals surface area contributed by atoms with Crippen molar-refractivity contribution in [1.29, 1.82) is 5.26 Å². The van der Waals surface area contributed by atoms with Gasteiger partial charge in [-0.2, -0.15) is 5.26 Å². The molecule has 1 heterocycles. The van der Waals surface area contributed by atoms with Gasteiger partial charge in [0.1, 0.15) is 17.4 Å². The molecule has 3 rings (SSSR count). The van der Waals surface area contributed by atoms with Gasteiger partial charge in [0.15, 0.2) is 0 Å². The highest BCUT2D eigenvalue weighted by Gasteiger charge is 2.16. The van der Waals surface area contributed by atoms with Crippen molar-refractivity contribution in [2.75, 3.05) is 12.4 Å². The minimum Gasteiger partial charge on any atom is -0.497 e. The van der Waals surface area contributed by atoms with E-state index >= 15 is 0 Å². The van der Waals surface area contributed by atoms with Crippen LogP contribution in [0.25, 0.3) is 11.8 Å². The maximum Gasteiger partial charge on any atom is 0.266 e. The second-order valence-electron chi connectivity index (χ2n) is 7.45. The first-order valence-corrected chi connectivity index (χ1v) is 10.2. The second kappa shape index (κ2) is 9.36. The molecular formula is C26H27N3O2. The molecule has 0 unspecified atom stereocenters. The normalized spacial score (nSPS) is 11.2. The number of carbonyl (C=O) groups excluding carboxylic acids is 1. The Kier molecular flexibility index (Phi) is 6.61. The van der Waals surface area contributed by atoms with Gasteiger partial charge in [0.05, 0.1) is 12.8 Å². The van der Waals surface area contributed by atoms with Gasteiger partial charge in [-0.1, -0.05) is 25.1 Å². The Morgan fingerprint density at radius 1 is 1.16 bits per heavy atom. The zero-order chi connectivity index (χ0) is 22.5. The van der Waals surface area contributed by atoms with Crippen LogP contribution in [0.2, 0.25) is 0 Å². The van der Waals surface area contributed by atoms with Crippen LogP contribution in [0.4, 0.5) is 5.69 Å². The van der Waals surface area contributed by atoms with Crippen LogP contribution in [0.5, 0.6) is 5.75 Å². The number of hydrogen-bond donors (Lipinski definition) is 1. The predicted octanol–water partition coefficient (Wildman–Crippen LogP) is 5.52. The number of benzene rings is 2. The average Bonchev–Trinajstić information content (AvgIpc) is 3.04. The van der Waals surface area contributed by atoms with E-state index in [1.165, 1.54) is 16.8 Å². The number of rotatable bonds is 6. The van der Waals surface area contributed by atoms with Crippen molar-refractivity contribution in [3.63, 3.8) is 0 Å². The topological polar surface area (TPSA) is 67.0 Å². The Hall–Kier alpha value is -3.78. The lowest BCUT2D eigenvalue weighted by Crippen LogP contribution is -2.13. The second-order valence-corrected chi connectivity index (χ2v) is 7.45. The quantitative estimate of drug-likeness (QED) is 0.427. The number of anilines is 1. The van der Waals surface area contributed by atoms with Gasteiger partial charge >= 0.3 is 0 Å². The van der Waals surface area contributed by atoms with Gasteiger partial charge in [-0.05, 0) is 80.3 Å². The lowest BCUT2D eigenvalue weighted by molar-refractivity contribution is -0.112. The van der Waals surface area contributed by atoms with E-state index < -0.39 is 5.91 Å². The fraction of sp³-hybridized carbons (Fsp3) is 0.231. The van der Waals surface area contributed by atoms with Crippen LogP contribution in [0.3, 0.4) is 0 Å². The molecule has 1 amide bonds. The Morgan fingerprint density at radius 3 is 2.48 bits per heavy atom. The van der Waals surface area contributed by atoms with E-state index in [0.29, 0.717) is 11.4 Å². The average molecular weight is 414 g/mol. The van der Waals surface area contributed by atoms with Gasteiger partial charge in [-0.15, -0.1) is 0 Å². The molecule has 2 aromatic carbocycles. The first kappa shape index (κ1) is 21.9. The molecule has 0 bridgehead atoms. The van der Waals surface area contributed by atoms with Crippen molar-refractivity contribution in [3.8, 4) is 17.5 Å². The first-order chi connectivity index (χ1) is 14.9. The van der Waals surface area contributed by atoms with Crippen LogP contribution in [-0.2, 0) is 11.2 Å². The summed E-state index contributed by atoms with van der Waals surface area (Å²) >= 11 is 0. The molecule has 0 radical (unpaired) electrons. The number of ether oxygens (including phenoxy) is 1. The molecule has 0 aliphatic heterocycles. The zero-order valence-corrected chi connectivity index (χ0v) is 18.6. The molecule has 158 valence electrons. The molecule has 31 heavy (non-hydrogen) atoms. The van der Waals surface area contributed by atoms with Crippen LogP contribution < -0.4 is 10.1 Å². The van der Waals surface area contributed by atoms with Crippen LogP contribution in [-0.4, -0.2) is 17.6 Å². The highest BCUT2D eigenvalue weighted by atomic mass is 16.5. The minimum absolute atomic E-state index is 0.0524. The Morgan fingerprint density at radius 2 is 1.87 bits per heavy atom. The third-order valence-electron chi connectivity index (χ3n) is 5.41. The fourth-order valence-electron chi connectivity index (χ4n) is 3.78. The number of hydrogen-bond acceptors (Lipinski definition) is 3. The van der Waals surface area contributed by atoms with Crippen LogP contribution in [0, 0.1) is 32.1 Å². The molecule has 3 aromatic rings. The summed E-state index contributed by atoms with van der Waals surface area (Å²) in [6.07, 6.45) is 2.58. The molecule has 0 fully saturated rings. The van der Waals surface area contributed by atoms with Gasteiger partial charge in [0.2, 0.25) is 0 Å². The molecule has 0 spiro atoms. The number of methoxy groups -OCH3 is 1. The molecule has 0 aliphatic carbocycles. The SMILES string of the molecule is CCc1cccc(C)c1-n1c(C)cc(/C=C(/C#N)C(=O)Nc2ccc(OC)cc2)c1C. The van der Waals surface area contributed by atoms with Crippen molar-refractivity contribution in [3.05, 3.63) is 82.2 Å².